The Morgan fingerprint density at radius 2 is 1.93 bits per heavy atom. The van der Waals surface area contributed by atoms with Gasteiger partial charge in [0.1, 0.15) is 5.69 Å². The minimum absolute atomic E-state index is 0.104. The van der Waals surface area contributed by atoms with Crippen LogP contribution in [-0.4, -0.2) is 38.0 Å². The number of nitrogens with zero attached hydrogens (tertiary/aromatic N) is 1. The summed E-state index contributed by atoms with van der Waals surface area (Å²) in [6.45, 7) is 3.50. The molecule has 3 rings (SSSR count). The quantitative estimate of drug-likeness (QED) is 0.604. The predicted octanol–water partition coefficient (Wildman–Crippen LogP) is 5.67. The highest BCUT2D eigenvalue weighted by Gasteiger charge is 2.43. The van der Waals surface area contributed by atoms with E-state index in [-0.39, 0.29) is 36.0 Å². The number of piperidine rings is 1. The molecule has 1 aliphatic heterocycles. The zero-order valence-electron chi connectivity index (χ0n) is 17.0. The summed E-state index contributed by atoms with van der Waals surface area (Å²) < 4.78 is 86.8. The molecule has 0 aromatic carbocycles. The first kappa shape index (κ1) is 23.1. The Morgan fingerprint density at radius 3 is 2.50 bits per heavy atom. The third kappa shape index (κ3) is 4.99. The molecule has 1 saturated heterocycles. The van der Waals surface area contributed by atoms with Crippen LogP contribution in [0.3, 0.4) is 0 Å². The summed E-state index contributed by atoms with van der Waals surface area (Å²) in [4.78, 5) is 3.47. The number of nitrogens with one attached hydrogen (secondary N) is 1. The number of allylic oxidation sites excluding steroid dienone is 2. The summed E-state index contributed by atoms with van der Waals surface area (Å²) in [5.41, 5.74) is -2.42. The van der Waals surface area contributed by atoms with Crippen LogP contribution in [0.2, 0.25) is 0 Å². The summed E-state index contributed by atoms with van der Waals surface area (Å²) in [7, 11) is 1.45. The molecule has 3 unspecified atom stereocenters. The average Bonchev–Trinajstić information content (AvgIpc) is 2.66. The summed E-state index contributed by atoms with van der Waals surface area (Å²) in [6, 6.07) is 0.939. The van der Waals surface area contributed by atoms with E-state index in [2.05, 4.69) is 10.3 Å². The standard InChI is InChI=1S/C21H26F6N2O/c1-12-5-6-16(20(22,23)24)19-18(12)15(9-17(29-19)21(25,26)27)14(11-30-2)8-13-4-3-7-28-10-13/h6,9,12-14,28H,3-5,7-8,10-11H2,1-2H3. The first-order chi connectivity index (χ1) is 14.0. The van der Waals surface area contributed by atoms with Crippen LogP contribution in [0.15, 0.2) is 12.1 Å². The number of halogens is 6. The Morgan fingerprint density at radius 1 is 1.20 bits per heavy atom. The third-order valence-electron chi connectivity index (χ3n) is 5.93. The van der Waals surface area contributed by atoms with Crippen molar-refractivity contribution < 1.29 is 31.1 Å². The van der Waals surface area contributed by atoms with Crippen LogP contribution >= 0.6 is 0 Å². The molecular weight excluding hydrogens is 410 g/mol. The van der Waals surface area contributed by atoms with Crippen molar-refractivity contribution in [2.45, 2.75) is 56.8 Å². The van der Waals surface area contributed by atoms with Gasteiger partial charge in [0.05, 0.1) is 17.9 Å². The molecule has 0 amide bonds. The second-order valence-corrected chi connectivity index (χ2v) is 8.21. The Hall–Kier alpha value is -1.61. The Labute approximate surface area is 171 Å². The van der Waals surface area contributed by atoms with Gasteiger partial charge >= 0.3 is 12.4 Å². The van der Waals surface area contributed by atoms with Crippen molar-refractivity contribution in [3.63, 3.8) is 0 Å². The van der Waals surface area contributed by atoms with Gasteiger partial charge in [0.15, 0.2) is 0 Å². The average molecular weight is 436 g/mol. The zero-order chi connectivity index (χ0) is 22.1. The minimum Gasteiger partial charge on any atom is -0.384 e. The van der Waals surface area contributed by atoms with Gasteiger partial charge in [0, 0.05) is 13.0 Å². The highest BCUT2D eigenvalue weighted by Crippen LogP contribution is 2.46. The largest absolute Gasteiger partial charge is 0.433 e. The molecule has 1 aliphatic carbocycles. The van der Waals surface area contributed by atoms with Crippen molar-refractivity contribution in [1.82, 2.24) is 10.3 Å². The lowest BCUT2D eigenvalue weighted by Crippen LogP contribution is -2.31. The second-order valence-electron chi connectivity index (χ2n) is 8.21. The number of alkyl halides is 6. The van der Waals surface area contributed by atoms with Crippen LogP contribution in [0, 0.1) is 5.92 Å². The van der Waals surface area contributed by atoms with E-state index >= 15 is 0 Å². The van der Waals surface area contributed by atoms with Gasteiger partial charge < -0.3 is 10.1 Å². The molecule has 168 valence electrons. The maximum absolute atomic E-state index is 13.6. The van der Waals surface area contributed by atoms with E-state index in [1.165, 1.54) is 7.11 Å². The van der Waals surface area contributed by atoms with Gasteiger partial charge in [-0.3, -0.25) is 0 Å². The van der Waals surface area contributed by atoms with Gasteiger partial charge in [0.25, 0.3) is 0 Å². The number of fused-ring (bicyclic) bond motifs is 1. The van der Waals surface area contributed by atoms with Crippen LogP contribution in [0.25, 0.3) is 5.57 Å². The van der Waals surface area contributed by atoms with Crippen LogP contribution < -0.4 is 5.32 Å². The molecule has 2 aliphatic rings. The van der Waals surface area contributed by atoms with Crippen molar-refractivity contribution in [2.75, 3.05) is 26.8 Å². The van der Waals surface area contributed by atoms with Gasteiger partial charge in [-0.25, -0.2) is 4.98 Å². The topological polar surface area (TPSA) is 34.1 Å². The van der Waals surface area contributed by atoms with E-state index in [9.17, 15) is 26.3 Å². The molecule has 0 spiro atoms. The highest BCUT2D eigenvalue weighted by molar-refractivity contribution is 5.73. The number of aromatic nitrogens is 1. The minimum atomic E-state index is -4.84. The van der Waals surface area contributed by atoms with E-state index in [1.807, 2.05) is 0 Å². The molecular formula is C21H26F6N2O. The number of pyridine rings is 1. The van der Waals surface area contributed by atoms with Crippen molar-refractivity contribution >= 4 is 5.57 Å². The van der Waals surface area contributed by atoms with Crippen LogP contribution in [0.1, 0.15) is 67.0 Å². The van der Waals surface area contributed by atoms with Gasteiger partial charge in [-0.15, -0.1) is 0 Å². The maximum Gasteiger partial charge on any atom is 0.433 e. The summed E-state index contributed by atoms with van der Waals surface area (Å²) in [5, 5.41) is 3.28. The van der Waals surface area contributed by atoms with Crippen LogP contribution in [0.5, 0.6) is 0 Å². The van der Waals surface area contributed by atoms with Gasteiger partial charge in [-0.1, -0.05) is 13.0 Å². The Kier molecular flexibility index (Phi) is 6.81. The Balaban J connectivity index is 2.15. The van der Waals surface area contributed by atoms with E-state index < -0.39 is 35.2 Å². The monoisotopic (exact) mass is 436 g/mol. The molecule has 30 heavy (non-hydrogen) atoms. The fraction of sp³-hybridized carbons (Fsp3) is 0.667. The fourth-order valence-electron chi connectivity index (χ4n) is 4.55. The maximum atomic E-state index is 13.6. The van der Waals surface area contributed by atoms with Crippen molar-refractivity contribution in [2.24, 2.45) is 5.92 Å². The SMILES string of the molecule is COCC(CC1CCCNC1)c1cc(C(F)(F)F)nc2c1C(C)CC=C2C(F)(F)F. The lowest BCUT2D eigenvalue weighted by molar-refractivity contribution is -0.141. The van der Waals surface area contributed by atoms with Gasteiger partial charge in [-0.2, -0.15) is 26.3 Å². The molecule has 3 atom stereocenters. The van der Waals surface area contributed by atoms with Crippen molar-refractivity contribution in [3.05, 3.63) is 34.7 Å². The normalized spacial score (nSPS) is 23.7. The van der Waals surface area contributed by atoms with Crippen molar-refractivity contribution in [1.29, 1.82) is 0 Å². The molecule has 0 saturated carbocycles. The molecule has 3 nitrogen and oxygen atoms in total. The molecule has 1 aromatic heterocycles. The molecule has 1 aromatic rings. The molecule has 0 bridgehead atoms. The van der Waals surface area contributed by atoms with E-state index in [1.54, 1.807) is 6.92 Å². The molecule has 9 heteroatoms. The number of hydrogen-bond donors (Lipinski definition) is 1. The summed E-state index contributed by atoms with van der Waals surface area (Å²) in [5.74, 6) is -0.568. The first-order valence-electron chi connectivity index (χ1n) is 10.1. The van der Waals surface area contributed by atoms with E-state index in [0.717, 1.165) is 38.1 Å². The lowest BCUT2D eigenvalue weighted by atomic mass is 9.77. The molecule has 1 N–H and O–H groups in total. The van der Waals surface area contributed by atoms with E-state index in [4.69, 9.17) is 4.74 Å². The van der Waals surface area contributed by atoms with E-state index in [0.29, 0.717) is 6.42 Å². The summed E-state index contributed by atoms with van der Waals surface area (Å²) >= 11 is 0. The number of rotatable bonds is 5. The number of methoxy groups -OCH3 is 1. The molecule has 1 fully saturated rings. The fourth-order valence-corrected chi connectivity index (χ4v) is 4.55. The first-order valence-corrected chi connectivity index (χ1v) is 10.1. The van der Waals surface area contributed by atoms with Crippen LogP contribution in [-0.2, 0) is 10.9 Å². The van der Waals surface area contributed by atoms with Gasteiger partial charge in [-0.05, 0) is 67.8 Å². The zero-order valence-corrected chi connectivity index (χ0v) is 17.0. The highest BCUT2D eigenvalue weighted by atomic mass is 19.4. The Bertz CT molecular complexity index is 781. The predicted molar refractivity (Wildman–Crippen MR) is 101 cm³/mol. The lowest BCUT2D eigenvalue weighted by Gasteiger charge is -2.32. The third-order valence-corrected chi connectivity index (χ3v) is 5.93. The second kappa shape index (κ2) is 8.86. The van der Waals surface area contributed by atoms with Gasteiger partial charge in [0.2, 0.25) is 0 Å². The number of ether oxygens (including phenoxy) is 1. The molecule has 0 radical (unpaired) electrons. The molecule has 2 heterocycles. The smallest absolute Gasteiger partial charge is 0.384 e. The number of hydrogen-bond acceptors (Lipinski definition) is 3. The van der Waals surface area contributed by atoms with Crippen molar-refractivity contribution in [3.8, 4) is 0 Å². The van der Waals surface area contributed by atoms with Crippen LogP contribution in [0.4, 0.5) is 26.3 Å². The summed E-state index contributed by atoms with van der Waals surface area (Å²) in [6.07, 6.45) is -6.11.